The van der Waals surface area contributed by atoms with Crippen molar-refractivity contribution in [3.63, 3.8) is 0 Å². The molecule has 0 unspecified atom stereocenters. The van der Waals surface area contributed by atoms with Gasteiger partial charge < -0.3 is 5.32 Å². The van der Waals surface area contributed by atoms with E-state index in [1.54, 1.807) is 18.2 Å². The van der Waals surface area contributed by atoms with Crippen LogP contribution in [-0.2, 0) is 0 Å². The molecule has 7 nitrogen and oxygen atoms in total. The lowest BCUT2D eigenvalue weighted by Gasteiger charge is -2.04. The Hall–Kier alpha value is -2.54. The van der Waals surface area contributed by atoms with Gasteiger partial charge in [-0.2, -0.15) is 5.10 Å². The quantitative estimate of drug-likeness (QED) is 0.725. The number of hydrogen-bond donors (Lipinski definition) is 3. The van der Waals surface area contributed by atoms with Gasteiger partial charge in [-0.15, -0.1) is 0 Å². The highest BCUT2D eigenvalue weighted by Crippen LogP contribution is 2.14. The first-order valence-corrected chi connectivity index (χ1v) is 6.06. The van der Waals surface area contributed by atoms with Crippen molar-refractivity contribution in [2.75, 3.05) is 7.05 Å². The van der Waals surface area contributed by atoms with Crippen LogP contribution < -0.4 is 16.2 Å². The third kappa shape index (κ3) is 3.27. The van der Waals surface area contributed by atoms with Crippen molar-refractivity contribution in [3.8, 4) is 5.69 Å². The van der Waals surface area contributed by atoms with Crippen molar-refractivity contribution in [1.82, 2.24) is 25.9 Å². The zero-order chi connectivity index (χ0) is 14.5. The van der Waals surface area contributed by atoms with E-state index in [0.717, 1.165) is 5.69 Å². The molecule has 0 aliphatic heterocycles. The Labute approximate surface area is 119 Å². The Bertz CT molecular complexity index is 640. The molecule has 0 saturated carbocycles. The van der Waals surface area contributed by atoms with E-state index in [1.807, 2.05) is 6.07 Å². The lowest BCUT2D eigenvalue weighted by atomic mass is 10.3. The fourth-order valence-electron chi connectivity index (χ4n) is 1.45. The summed E-state index contributed by atoms with van der Waals surface area (Å²) < 4.78 is 1.51. The van der Waals surface area contributed by atoms with E-state index in [9.17, 15) is 9.59 Å². The van der Waals surface area contributed by atoms with Crippen LogP contribution >= 0.6 is 11.6 Å². The number of carbonyl (C=O) groups excluding carboxylic acids is 2. The maximum atomic E-state index is 11.7. The SMILES string of the molecule is CNC(=O)NNC(=O)c1cnn(-c2cccc(Cl)c2)c1. The topological polar surface area (TPSA) is 88.1 Å². The first-order valence-electron chi connectivity index (χ1n) is 5.69. The van der Waals surface area contributed by atoms with E-state index >= 15 is 0 Å². The highest BCUT2D eigenvalue weighted by molar-refractivity contribution is 6.30. The second kappa shape index (κ2) is 6.07. The molecule has 0 spiro atoms. The molecule has 0 saturated heterocycles. The second-order valence-corrected chi connectivity index (χ2v) is 4.25. The van der Waals surface area contributed by atoms with E-state index in [0.29, 0.717) is 10.6 Å². The maximum absolute atomic E-state index is 11.7. The lowest BCUT2D eigenvalue weighted by molar-refractivity contribution is 0.0936. The second-order valence-electron chi connectivity index (χ2n) is 3.81. The fraction of sp³-hybridized carbons (Fsp3) is 0.0833. The molecule has 3 N–H and O–H groups in total. The Balaban J connectivity index is 2.09. The summed E-state index contributed by atoms with van der Waals surface area (Å²) in [6.45, 7) is 0. The molecule has 104 valence electrons. The predicted molar refractivity (Wildman–Crippen MR) is 73.6 cm³/mol. The number of aromatic nitrogens is 2. The Morgan fingerprint density at radius 1 is 1.30 bits per heavy atom. The zero-order valence-corrected chi connectivity index (χ0v) is 11.3. The minimum atomic E-state index is -0.513. The fourth-order valence-corrected chi connectivity index (χ4v) is 1.63. The number of nitrogens with zero attached hydrogens (tertiary/aromatic N) is 2. The molecule has 20 heavy (non-hydrogen) atoms. The molecule has 0 radical (unpaired) electrons. The highest BCUT2D eigenvalue weighted by atomic mass is 35.5. The van der Waals surface area contributed by atoms with Gasteiger partial charge in [0.1, 0.15) is 0 Å². The third-order valence-electron chi connectivity index (χ3n) is 2.43. The highest BCUT2D eigenvalue weighted by Gasteiger charge is 2.10. The van der Waals surface area contributed by atoms with Crippen LogP contribution in [0.25, 0.3) is 5.69 Å². The minimum absolute atomic E-state index is 0.307. The maximum Gasteiger partial charge on any atom is 0.333 e. The number of carbonyl (C=O) groups is 2. The van der Waals surface area contributed by atoms with E-state index in [2.05, 4.69) is 21.3 Å². The van der Waals surface area contributed by atoms with Crippen molar-refractivity contribution in [2.45, 2.75) is 0 Å². The number of nitrogens with one attached hydrogen (secondary N) is 3. The molecular weight excluding hydrogens is 282 g/mol. The summed E-state index contributed by atoms with van der Waals surface area (Å²) in [5.74, 6) is -0.470. The van der Waals surface area contributed by atoms with E-state index in [-0.39, 0.29) is 0 Å². The van der Waals surface area contributed by atoms with Crippen LogP contribution in [0.3, 0.4) is 0 Å². The van der Waals surface area contributed by atoms with Crippen LogP contribution in [0.15, 0.2) is 36.7 Å². The van der Waals surface area contributed by atoms with Crippen LogP contribution in [0.1, 0.15) is 10.4 Å². The molecule has 1 aromatic heterocycles. The standard InChI is InChI=1S/C12H12ClN5O2/c1-14-12(20)17-16-11(19)8-6-15-18(7-8)10-4-2-3-9(13)5-10/h2-7H,1H3,(H,16,19)(H2,14,17,20). The van der Waals surface area contributed by atoms with Gasteiger partial charge in [-0.1, -0.05) is 17.7 Å². The summed E-state index contributed by atoms with van der Waals surface area (Å²) in [5.41, 5.74) is 5.47. The van der Waals surface area contributed by atoms with E-state index in [4.69, 9.17) is 11.6 Å². The average Bonchev–Trinajstić information content (AvgIpc) is 2.94. The molecule has 1 aromatic carbocycles. The van der Waals surface area contributed by atoms with Crippen LogP contribution in [0.5, 0.6) is 0 Å². The van der Waals surface area contributed by atoms with Crippen molar-refractivity contribution in [3.05, 3.63) is 47.2 Å². The molecular formula is C12H12ClN5O2. The van der Waals surface area contributed by atoms with Crippen molar-refractivity contribution in [1.29, 1.82) is 0 Å². The van der Waals surface area contributed by atoms with Crippen molar-refractivity contribution in [2.24, 2.45) is 0 Å². The summed E-state index contributed by atoms with van der Waals surface area (Å²) in [5, 5.41) is 6.95. The normalized spacial score (nSPS) is 9.90. The van der Waals surface area contributed by atoms with Gasteiger partial charge in [0.15, 0.2) is 0 Å². The molecule has 3 amide bonds. The molecule has 0 atom stereocenters. The number of hydrazine groups is 1. The smallest absolute Gasteiger partial charge is 0.333 e. The van der Waals surface area contributed by atoms with Crippen molar-refractivity contribution < 1.29 is 9.59 Å². The van der Waals surface area contributed by atoms with Gasteiger partial charge in [0.2, 0.25) is 0 Å². The van der Waals surface area contributed by atoms with Gasteiger partial charge in [0, 0.05) is 18.3 Å². The Morgan fingerprint density at radius 2 is 2.10 bits per heavy atom. The molecule has 0 bridgehead atoms. The van der Waals surface area contributed by atoms with Crippen molar-refractivity contribution >= 4 is 23.5 Å². The van der Waals surface area contributed by atoms with Gasteiger partial charge in [-0.05, 0) is 18.2 Å². The first-order chi connectivity index (χ1) is 9.60. The summed E-state index contributed by atoms with van der Waals surface area (Å²) in [4.78, 5) is 22.7. The number of urea groups is 1. The lowest BCUT2D eigenvalue weighted by Crippen LogP contribution is -2.45. The number of halogens is 1. The number of benzene rings is 1. The molecule has 2 aromatic rings. The third-order valence-corrected chi connectivity index (χ3v) is 2.67. The average molecular weight is 294 g/mol. The summed E-state index contributed by atoms with van der Waals surface area (Å²) >= 11 is 5.89. The molecule has 0 aliphatic rings. The van der Waals surface area contributed by atoms with Gasteiger partial charge in [0.25, 0.3) is 5.91 Å². The first kappa shape index (κ1) is 13.9. The molecule has 0 fully saturated rings. The molecule has 2 rings (SSSR count). The van der Waals surface area contributed by atoms with Gasteiger partial charge in [-0.3, -0.25) is 10.2 Å². The molecule has 0 aliphatic carbocycles. The predicted octanol–water partition coefficient (Wildman–Crippen LogP) is 1.10. The van der Waals surface area contributed by atoms with Gasteiger partial charge in [0.05, 0.1) is 17.4 Å². The van der Waals surface area contributed by atoms with E-state index in [1.165, 1.54) is 24.1 Å². The van der Waals surface area contributed by atoms with E-state index < -0.39 is 11.9 Å². The number of hydrogen-bond acceptors (Lipinski definition) is 3. The molecule has 8 heteroatoms. The summed E-state index contributed by atoms with van der Waals surface area (Å²) in [7, 11) is 1.44. The Morgan fingerprint density at radius 3 is 2.80 bits per heavy atom. The zero-order valence-electron chi connectivity index (χ0n) is 10.6. The number of amides is 3. The Kier molecular flexibility index (Phi) is 4.21. The van der Waals surface area contributed by atoms with Crippen LogP contribution in [0, 0.1) is 0 Å². The van der Waals surface area contributed by atoms with Gasteiger partial charge >= 0.3 is 6.03 Å². The summed E-state index contributed by atoms with van der Waals surface area (Å²) in [6.07, 6.45) is 2.92. The van der Waals surface area contributed by atoms with Crippen LogP contribution in [0.2, 0.25) is 5.02 Å². The largest absolute Gasteiger partial charge is 0.340 e. The van der Waals surface area contributed by atoms with Crippen LogP contribution in [-0.4, -0.2) is 28.8 Å². The molecule has 1 heterocycles. The monoisotopic (exact) mass is 293 g/mol. The van der Waals surface area contributed by atoms with Gasteiger partial charge in [-0.25, -0.2) is 14.9 Å². The summed E-state index contributed by atoms with van der Waals surface area (Å²) in [6, 6.07) is 6.55. The number of rotatable bonds is 2. The minimum Gasteiger partial charge on any atom is -0.340 e. The van der Waals surface area contributed by atoms with Crippen LogP contribution in [0.4, 0.5) is 4.79 Å².